The number of H-pyrrole nitrogens is 1. The predicted molar refractivity (Wildman–Crippen MR) is 140 cm³/mol. The highest BCUT2D eigenvalue weighted by Crippen LogP contribution is 2.40. The lowest BCUT2D eigenvalue weighted by Crippen LogP contribution is -2.46. The van der Waals surface area contributed by atoms with Crippen molar-refractivity contribution in [2.75, 3.05) is 36.4 Å². The van der Waals surface area contributed by atoms with Gasteiger partial charge in [-0.25, -0.2) is 4.68 Å². The molecule has 4 heterocycles. The Morgan fingerprint density at radius 3 is 2.71 bits per heavy atom. The smallest absolute Gasteiger partial charge is 0.332 e. The minimum atomic E-state index is -4.73. The number of terminal acetylenes is 1. The number of aromatic nitrogens is 6. The van der Waals surface area contributed by atoms with Gasteiger partial charge in [-0.15, -0.1) is 10.3 Å². The molecule has 1 aliphatic heterocycles. The van der Waals surface area contributed by atoms with E-state index in [-0.39, 0.29) is 11.4 Å². The molecule has 2 aliphatic rings. The van der Waals surface area contributed by atoms with Crippen LogP contribution in [0.1, 0.15) is 30.0 Å². The lowest BCUT2D eigenvalue weighted by molar-refractivity contribution is 0.248. The maximum absolute atomic E-state index is 13.4. The lowest BCUT2D eigenvalue weighted by Gasteiger charge is -2.34. The van der Waals surface area contributed by atoms with Gasteiger partial charge in [0.1, 0.15) is 12.4 Å². The van der Waals surface area contributed by atoms with E-state index in [0.717, 1.165) is 16.6 Å². The molecule has 6 rings (SSSR count). The van der Waals surface area contributed by atoms with Crippen molar-refractivity contribution in [3.8, 4) is 12.3 Å². The largest absolute Gasteiger partial charge is 0.338 e. The summed E-state index contributed by atoms with van der Waals surface area (Å²) in [5.74, 6) is 5.02. The Kier molecular flexibility index (Phi) is 6.21. The van der Waals surface area contributed by atoms with E-state index in [1.165, 1.54) is 25.0 Å². The molecular formula is C25H26FN9O2S. The molecule has 196 valence electrons. The van der Waals surface area contributed by atoms with Crippen LogP contribution >= 0.6 is 0 Å². The van der Waals surface area contributed by atoms with Gasteiger partial charge in [0.15, 0.2) is 11.5 Å². The average Bonchev–Trinajstić information content (AvgIpc) is 3.52. The highest BCUT2D eigenvalue weighted by atomic mass is 32.3. The molecule has 1 aliphatic carbocycles. The van der Waals surface area contributed by atoms with E-state index in [2.05, 4.69) is 36.3 Å². The number of rotatable bonds is 8. The van der Waals surface area contributed by atoms with Gasteiger partial charge < -0.3 is 10.2 Å². The van der Waals surface area contributed by atoms with Crippen LogP contribution in [0.5, 0.6) is 0 Å². The molecule has 0 unspecified atom stereocenters. The number of anilines is 3. The topological polar surface area (TPSA) is 125 Å². The maximum Gasteiger partial charge on any atom is 0.332 e. The van der Waals surface area contributed by atoms with Gasteiger partial charge in [0.2, 0.25) is 5.95 Å². The summed E-state index contributed by atoms with van der Waals surface area (Å²) in [6.07, 6.45) is 9.60. The van der Waals surface area contributed by atoms with Crippen molar-refractivity contribution in [3.05, 3.63) is 47.8 Å². The fraction of sp³-hybridized carbons (Fsp3) is 0.360. The maximum atomic E-state index is 13.4. The molecule has 0 atom stereocenters. The predicted octanol–water partition coefficient (Wildman–Crippen LogP) is 2.78. The molecule has 4 aromatic rings. The number of hydrogen-bond donors (Lipinski definition) is 2. The van der Waals surface area contributed by atoms with Gasteiger partial charge in [0.05, 0.1) is 16.5 Å². The van der Waals surface area contributed by atoms with Gasteiger partial charge >= 0.3 is 10.2 Å². The average molecular weight is 536 g/mol. The van der Waals surface area contributed by atoms with Gasteiger partial charge in [0.25, 0.3) is 0 Å². The Morgan fingerprint density at radius 2 is 1.97 bits per heavy atom. The second kappa shape index (κ2) is 9.70. The zero-order valence-corrected chi connectivity index (χ0v) is 21.3. The fourth-order valence-corrected chi connectivity index (χ4v) is 5.20. The zero-order chi connectivity index (χ0) is 26.3. The van der Waals surface area contributed by atoms with E-state index in [0.29, 0.717) is 61.9 Å². The lowest BCUT2D eigenvalue weighted by atomic mass is 10.2. The first-order valence-corrected chi connectivity index (χ1v) is 13.8. The van der Waals surface area contributed by atoms with E-state index >= 15 is 0 Å². The van der Waals surface area contributed by atoms with Crippen LogP contribution in [0.15, 0.2) is 41.4 Å². The van der Waals surface area contributed by atoms with Gasteiger partial charge in [-0.1, -0.05) is 18.1 Å². The van der Waals surface area contributed by atoms with Crippen molar-refractivity contribution < 1.29 is 12.3 Å². The molecule has 13 heteroatoms. The molecule has 2 N–H and O–H groups in total. The Balaban J connectivity index is 1.21. The highest BCUT2D eigenvalue weighted by molar-refractivity contribution is 7.86. The quantitative estimate of drug-likeness (QED) is 0.259. The van der Waals surface area contributed by atoms with E-state index in [4.69, 9.17) is 16.4 Å². The Morgan fingerprint density at radius 1 is 1.16 bits per heavy atom. The summed E-state index contributed by atoms with van der Waals surface area (Å²) in [6.45, 7) is 3.51. The van der Waals surface area contributed by atoms with Crippen LogP contribution in [-0.4, -0.2) is 69.4 Å². The van der Waals surface area contributed by atoms with Crippen LogP contribution in [0, 0.1) is 12.3 Å². The minimum absolute atomic E-state index is 0.287. The third kappa shape index (κ3) is 5.05. The summed E-state index contributed by atoms with van der Waals surface area (Å²) in [5, 5.41) is 16.0. The van der Waals surface area contributed by atoms with Crippen molar-refractivity contribution in [1.82, 2.24) is 34.8 Å². The van der Waals surface area contributed by atoms with Crippen molar-refractivity contribution >= 4 is 38.8 Å². The number of nitrogens with one attached hydrogen (secondary N) is 2. The third-order valence-electron chi connectivity index (χ3n) is 6.83. The van der Waals surface area contributed by atoms with Crippen molar-refractivity contribution in [2.45, 2.75) is 36.7 Å². The van der Waals surface area contributed by atoms with E-state index < -0.39 is 10.2 Å². The standard InChI is InChI=1S/C25H26FN9O2S/c1-2-8-35-24-20(15-27-35)23(28-22-14-21(31-32-22)18-6-7-18)29-25(30-24)34-11-9-33(10-12-34)16-17-4-3-5-19(13-17)38(26,36)37/h1,3-5,13-15,18H,6-12,16H2,(H2,28,29,30,31,32). The molecule has 3 aromatic heterocycles. The molecule has 1 saturated heterocycles. The fourth-order valence-electron chi connectivity index (χ4n) is 4.67. The van der Waals surface area contributed by atoms with Crippen LogP contribution in [0.4, 0.5) is 21.5 Å². The molecule has 0 bridgehead atoms. The van der Waals surface area contributed by atoms with Crippen LogP contribution in [-0.2, 0) is 23.3 Å². The van der Waals surface area contributed by atoms with Crippen LogP contribution < -0.4 is 10.2 Å². The molecule has 0 radical (unpaired) electrons. The number of piperazine rings is 1. The Bertz CT molecular complexity index is 1630. The number of fused-ring (bicyclic) bond motifs is 1. The van der Waals surface area contributed by atoms with Gasteiger partial charge in [-0.3, -0.25) is 10.00 Å². The monoisotopic (exact) mass is 535 g/mol. The summed E-state index contributed by atoms with van der Waals surface area (Å²) >= 11 is 0. The zero-order valence-electron chi connectivity index (χ0n) is 20.5. The molecule has 1 aromatic carbocycles. The minimum Gasteiger partial charge on any atom is -0.338 e. The summed E-state index contributed by atoms with van der Waals surface area (Å²) in [6, 6.07) is 8.01. The second-order valence-electron chi connectivity index (χ2n) is 9.57. The molecule has 2 fully saturated rings. The van der Waals surface area contributed by atoms with Crippen LogP contribution in [0.2, 0.25) is 0 Å². The summed E-state index contributed by atoms with van der Waals surface area (Å²) in [7, 11) is -4.73. The van der Waals surface area contributed by atoms with Gasteiger partial charge in [-0.2, -0.15) is 28.6 Å². The number of nitrogens with zero attached hydrogens (tertiary/aromatic N) is 7. The first kappa shape index (κ1) is 24.3. The van der Waals surface area contributed by atoms with E-state index in [1.807, 2.05) is 6.07 Å². The third-order valence-corrected chi connectivity index (χ3v) is 7.65. The molecule has 38 heavy (non-hydrogen) atoms. The number of benzene rings is 1. The number of halogens is 1. The Hall–Kier alpha value is -4.02. The molecule has 0 amide bonds. The second-order valence-corrected chi connectivity index (χ2v) is 10.9. The molecular weight excluding hydrogens is 509 g/mol. The SMILES string of the molecule is C#CCn1ncc2c(Nc3cc(C4CC4)[nH]n3)nc(N3CCN(Cc4cccc(S(=O)(=O)F)c4)CC3)nc21. The molecule has 0 spiro atoms. The van der Waals surface area contributed by atoms with Crippen molar-refractivity contribution in [1.29, 1.82) is 0 Å². The van der Waals surface area contributed by atoms with Gasteiger partial charge in [-0.05, 0) is 30.5 Å². The summed E-state index contributed by atoms with van der Waals surface area (Å²) < 4.78 is 37.6. The highest BCUT2D eigenvalue weighted by Gasteiger charge is 2.26. The molecule has 11 nitrogen and oxygen atoms in total. The van der Waals surface area contributed by atoms with Crippen molar-refractivity contribution in [3.63, 3.8) is 0 Å². The Labute approximate surface area is 219 Å². The summed E-state index contributed by atoms with van der Waals surface area (Å²) in [4.78, 5) is 13.6. The van der Waals surface area contributed by atoms with Gasteiger partial charge in [0, 0.05) is 50.4 Å². The summed E-state index contributed by atoms with van der Waals surface area (Å²) in [5.41, 5.74) is 2.50. The van der Waals surface area contributed by atoms with Crippen LogP contribution in [0.3, 0.4) is 0 Å². The normalized spacial score (nSPS) is 16.6. The number of aromatic amines is 1. The molecule has 1 saturated carbocycles. The van der Waals surface area contributed by atoms with Crippen molar-refractivity contribution in [2.24, 2.45) is 0 Å². The van der Waals surface area contributed by atoms with E-state index in [1.54, 1.807) is 23.0 Å². The number of hydrogen-bond acceptors (Lipinski definition) is 9. The van der Waals surface area contributed by atoms with Crippen LogP contribution in [0.25, 0.3) is 11.0 Å². The van der Waals surface area contributed by atoms with E-state index in [9.17, 15) is 12.3 Å². The first-order chi connectivity index (χ1) is 18.4. The first-order valence-electron chi connectivity index (χ1n) is 12.4.